The molecule has 3 N–H and O–H groups in total. The SMILES string of the molecule is Br.Cc1ccccc1Nc1nc(Nc2ccccc2C)c2cc(O)ccc2n1. The normalized spacial score (nSPS) is 10.4. The summed E-state index contributed by atoms with van der Waals surface area (Å²) in [5, 5.41) is 17.4. The minimum atomic E-state index is 0. The number of anilines is 4. The van der Waals surface area contributed by atoms with Gasteiger partial charge in [-0.1, -0.05) is 36.4 Å². The Morgan fingerprint density at radius 1 is 0.750 bits per heavy atom. The number of para-hydroxylation sites is 2. The summed E-state index contributed by atoms with van der Waals surface area (Å²) < 4.78 is 0. The summed E-state index contributed by atoms with van der Waals surface area (Å²) in [6.07, 6.45) is 0. The van der Waals surface area contributed by atoms with Crippen LogP contribution in [0.4, 0.5) is 23.1 Å². The van der Waals surface area contributed by atoms with Crippen LogP contribution in [0.15, 0.2) is 66.7 Å². The van der Waals surface area contributed by atoms with Gasteiger partial charge in [0, 0.05) is 16.8 Å². The highest BCUT2D eigenvalue weighted by Crippen LogP contribution is 2.30. The Balaban J connectivity index is 0.00000225. The molecule has 0 aliphatic heterocycles. The van der Waals surface area contributed by atoms with Crippen molar-refractivity contribution in [3.8, 4) is 5.75 Å². The molecule has 142 valence electrons. The van der Waals surface area contributed by atoms with E-state index in [0.29, 0.717) is 11.8 Å². The Labute approximate surface area is 174 Å². The summed E-state index contributed by atoms with van der Waals surface area (Å²) in [5.74, 6) is 1.32. The minimum absolute atomic E-state index is 0. The largest absolute Gasteiger partial charge is 0.508 e. The number of hydrogen-bond acceptors (Lipinski definition) is 5. The number of halogens is 1. The monoisotopic (exact) mass is 436 g/mol. The van der Waals surface area contributed by atoms with Gasteiger partial charge in [-0.25, -0.2) is 4.98 Å². The summed E-state index contributed by atoms with van der Waals surface area (Å²) in [5.41, 5.74) is 4.88. The molecule has 0 atom stereocenters. The van der Waals surface area contributed by atoms with Gasteiger partial charge in [-0.2, -0.15) is 4.98 Å². The molecule has 0 spiro atoms. The Morgan fingerprint density at radius 2 is 1.36 bits per heavy atom. The zero-order chi connectivity index (χ0) is 18.8. The predicted octanol–water partition coefficient (Wildman–Crippen LogP) is 6.02. The lowest BCUT2D eigenvalue weighted by atomic mass is 10.2. The average Bonchev–Trinajstić information content (AvgIpc) is 2.66. The first kappa shape index (κ1) is 19.6. The fourth-order valence-corrected chi connectivity index (χ4v) is 2.94. The maximum Gasteiger partial charge on any atom is 0.229 e. The Bertz CT molecular complexity index is 1130. The van der Waals surface area contributed by atoms with E-state index in [0.717, 1.165) is 33.4 Å². The van der Waals surface area contributed by atoms with Crippen molar-refractivity contribution in [2.24, 2.45) is 0 Å². The van der Waals surface area contributed by atoms with Crippen molar-refractivity contribution in [2.75, 3.05) is 10.6 Å². The first-order chi connectivity index (χ1) is 13.1. The van der Waals surface area contributed by atoms with Crippen molar-refractivity contribution < 1.29 is 5.11 Å². The van der Waals surface area contributed by atoms with E-state index in [-0.39, 0.29) is 22.7 Å². The predicted molar refractivity (Wildman–Crippen MR) is 120 cm³/mol. The van der Waals surface area contributed by atoms with Gasteiger partial charge in [0.25, 0.3) is 0 Å². The van der Waals surface area contributed by atoms with Crippen LogP contribution in [0, 0.1) is 13.8 Å². The van der Waals surface area contributed by atoms with Crippen LogP contribution in [-0.2, 0) is 0 Å². The van der Waals surface area contributed by atoms with E-state index in [1.54, 1.807) is 18.2 Å². The first-order valence-corrected chi connectivity index (χ1v) is 8.76. The second kappa shape index (κ2) is 8.27. The third-order valence-electron chi connectivity index (χ3n) is 4.47. The third kappa shape index (κ3) is 4.07. The van der Waals surface area contributed by atoms with E-state index in [4.69, 9.17) is 0 Å². The van der Waals surface area contributed by atoms with Crippen LogP contribution in [0.1, 0.15) is 11.1 Å². The highest BCUT2D eigenvalue weighted by molar-refractivity contribution is 8.93. The van der Waals surface area contributed by atoms with Crippen LogP contribution < -0.4 is 10.6 Å². The molecule has 5 nitrogen and oxygen atoms in total. The molecule has 0 radical (unpaired) electrons. The molecule has 0 amide bonds. The van der Waals surface area contributed by atoms with Gasteiger partial charge in [0.2, 0.25) is 5.95 Å². The fraction of sp³-hybridized carbons (Fsp3) is 0.0909. The zero-order valence-corrected chi connectivity index (χ0v) is 17.3. The lowest BCUT2D eigenvalue weighted by molar-refractivity contribution is 0.476. The van der Waals surface area contributed by atoms with Gasteiger partial charge in [-0.15, -0.1) is 17.0 Å². The summed E-state index contributed by atoms with van der Waals surface area (Å²) in [7, 11) is 0. The van der Waals surface area contributed by atoms with Crippen molar-refractivity contribution in [1.82, 2.24) is 9.97 Å². The Morgan fingerprint density at radius 3 is 2.00 bits per heavy atom. The third-order valence-corrected chi connectivity index (χ3v) is 4.47. The number of aryl methyl sites for hydroxylation is 2. The maximum atomic E-state index is 9.92. The molecular weight excluding hydrogens is 416 g/mol. The van der Waals surface area contributed by atoms with Gasteiger partial charge in [0.05, 0.1) is 5.52 Å². The van der Waals surface area contributed by atoms with Crippen LogP contribution >= 0.6 is 17.0 Å². The molecule has 0 aliphatic rings. The summed E-state index contributed by atoms with van der Waals surface area (Å²) in [6, 6.07) is 21.1. The Hall–Kier alpha value is -3.12. The van der Waals surface area contributed by atoms with Crippen molar-refractivity contribution in [2.45, 2.75) is 13.8 Å². The van der Waals surface area contributed by atoms with E-state index in [1.807, 2.05) is 62.4 Å². The van der Waals surface area contributed by atoms with Crippen molar-refractivity contribution >= 4 is 51.0 Å². The lowest BCUT2D eigenvalue weighted by Crippen LogP contribution is -2.03. The van der Waals surface area contributed by atoms with Crippen LogP contribution in [-0.4, -0.2) is 15.1 Å². The molecule has 1 heterocycles. The van der Waals surface area contributed by atoms with Gasteiger partial charge in [-0.3, -0.25) is 0 Å². The number of nitrogens with one attached hydrogen (secondary N) is 2. The molecule has 0 bridgehead atoms. The van der Waals surface area contributed by atoms with Crippen molar-refractivity contribution in [3.63, 3.8) is 0 Å². The lowest BCUT2D eigenvalue weighted by Gasteiger charge is -2.14. The molecular formula is C22H21BrN4O. The summed E-state index contributed by atoms with van der Waals surface area (Å²) in [4.78, 5) is 9.27. The van der Waals surface area contributed by atoms with Gasteiger partial charge < -0.3 is 15.7 Å². The van der Waals surface area contributed by atoms with Gasteiger partial charge in [0.15, 0.2) is 0 Å². The molecule has 1 aromatic heterocycles. The molecule has 3 aromatic carbocycles. The summed E-state index contributed by atoms with van der Waals surface area (Å²) in [6.45, 7) is 4.07. The minimum Gasteiger partial charge on any atom is -0.508 e. The molecule has 4 aromatic rings. The topological polar surface area (TPSA) is 70.1 Å². The highest BCUT2D eigenvalue weighted by atomic mass is 79.9. The number of rotatable bonds is 4. The molecule has 0 saturated carbocycles. The maximum absolute atomic E-state index is 9.92. The van der Waals surface area contributed by atoms with E-state index >= 15 is 0 Å². The van der Waals surface area contributed by atoms with Crippen LogP contribution in [0.25, 0.3) is 10.9 Å². The smallest absolute Gasteiger partial charge is 0.229 e. The molecule has 0 fully saturated rings. The van der Waals surface area contributed by atoms with E-state index in [9.17, 15) is 5.11 Å². The van der Waals surface area contributed by atoms with Gasteiger partial charge in [0.1, 0.15) is 11.6 Å². The standard InChI is InChI=1S/C22H20N4O.BrH/c1-14-7-3-5-9-18(14)23-21-17-13-16(27)11-12-20(17)25-22(26-21)24-19-10-6-4-8-15(19)2;/h3-13,27H,1-2H3,(H2,23,24,25,26);1H. The van der Waals surface area contributed by atoms with Gasteiger partial charge in [-0.05, 0) is 55.3 Å². The number of hydrogen-bond donors (Lipinski definition) is 3. The average molecular weight is 437 g/mol. The number of benzene rings is 3. The van der Waals surface area contributed by atoms with Crippen LogP contribution in [0.5, 0.6) is 5.75 Å². The quantitative estimate of drug-likeness (QED) is 0.364. The van der Waals surface area contributed by atoms with E-state index in [1.165, 1.54) is 0 Å². The molecule has 6 heteroatoms. The number of aromatic nitrogens is 2. The van der Waals surface area contributed by atoms with E-state index in [2.05, 4.69) is 20.6 Å². The van der Waals surface area contributed by atoms with E-state index < -0.39 is 0 Å². The van der Waals surface area contributed by atoms with Crippen molar-refractivity contribution in [3.05, 3.63) is 77.9 Å². The van der Waals surface area contributed by atoms with Crippen LogP contribution in [0.2, 0.25) is 0 Å². The zero-order valence-electron chi connectivity index (χ0n) is 15.6. The van der Waals surface area contributed by atoms with Gasteiger partial charge >= 0.3 is 0 Å². The number of aromatic hydroxyl groups is 1. The van der Waals surface area contributed by atoms with Crippen molar-refractivity contribution in [1.29, 1.82) is 0 Å². The second-order valence-corrected chi connectivity index (χ2v) is 6.48. The fourth-order valence-electron chi connectivity index (χ4n) is 2.94. The first-order valence-electron chi connectivity index (χ1n) is 8.76. The summed E-state index contributed by atoms with van der Waals surface area (Å²) >= 11 is 0. The number of nitrogens with zero attached hydrogens (tertiary/aromatic N) is 2. The number of phenolic OH excluding ortho intramolecular Hbond substituents is 1. The second-order valence-electron chi connectivity index (χ2n) is 6.48. The molecule has 0 saturated heterocycles. The molecule has 0 aliphatic carbocycles. The molecule has 0 unspecified atom stereocenters. The Kier molecular flexibility index (Phi) is 5.80. The molecule has 28 heavy (non-hydrogen) atoms. The highest BCUT2D eigenvalue weighted by Gasteiger charge is 2.11. The number of fused-ring (bicyclic) bond motifs is 1. The number of phenols is 1. The molecule has 4 rings (SSSR count). The van der Waals surface area contributed by atoms with Crippen LogP contribution in [0.3, 0.4) is 0 Å².